The standard InChI is InChI=1S/C21H40O4/c1-3-5-7-9-10-12-14-16-18(15-13-11-8-6-4-2)19(22)17-20(23)21(24)25/h18,20,23H,3-17H2,1-2H3,(H,24,25). The van der Waals surface area contributed by atoms with E-state index in [1.165, 1.54) is 51.4 Å². The lowest BCUT2D eigenvalue weighted by Gasteiger charge is -2.17. The Kier molecular flexibility index (Phi) is 16.0. The Morgan fingerprint density at radius 2 is 1.12 bits per heavy atom. The van der Waals surface area contributed by atoms with E-state index in [2.05, 4.69) is 13.8 Å². The second-order valence-electron chi connectivity index (χ2n) is 7.33. The molecule has 4 heteroatoms. The van der Waals surface area contributed by atoms with Gasteiger partial charge in [0.15, 0.2) is 6.10 Å². The molecule has 2 unspecified atom stereocenters. The lowest BCUT2D eigenvalue weighted by molar-refractivity contribution is -0.149. The van der Waals surface area contributed by atoms with E-state index in [4.69, 9.17) is 5.11 Å². The number of unbranched alkanes of at least 4 members (excludes halogenated alkanes) is 10. The number of Topliss-reactive ketones (excluding diaryl/α,β-unsaturated/α-hetero) is 1. The number of carbonyl (C=O) groups excluding carboxylic acids is 1. The average molecular weight is 357 g/mol. The molecule has 25 heavy (non-hydrogen) atoms. The number of rotatable bonds is 18. The van der Waals surface area contributed by atoms with Gasteiger partial charge in [-0.15, -0.1) is 0 Å². The molecule has 2 atom stereocenters. The minimum Gasteiger partial charge on any atom is -0.479 e. The van der Waals surface area contributed by atoms with Crippen molar-refractivity contribution in [1.82, 2.24) is 0 Å². The van der Waals surface area contributed by atoms with Gasteiger partial charge < -0.3 is 10.2 Å². The van der Waals surface area contributed by atoms with Crippen molar-refractivity contribution >= 4 is 11.8 Å². The van der Waals surface area contributed by atoms with E-state index in [1.54, 1.807) is 0 Å². The van der Waals surface area contributed by atoms with E-state index in [0.29, 0.717) is 0 Å². The van der Waals surface area contributed by atoms with Crippen LogP contribution >= 0.6 is 0 Å². The molecule has 4 nitrogen and oxygen atoms in total. The highest BCUT2D eigenvalue weighted by Gasteiger charge is 2.24. The summed E-state index contributed by atoms with van der Waals surface area (Å²) in [6, 6.07) is 0. The quantitative estimate of drug-likeness (QED) is 0.318. The van der Waals surface area contributed by atoms with Gasteiger partial charge in [0, 0.05) is 12.3 Å². The molecule has 148 valence electrons. The van der Waals surface area contributed by atoms with Gasteiger partial charge in [-0.1, -0.05) is 90.9 Å². The zero-order valence-corrected chi connectivity index (χ0v) is 16.5. The monoisotopic (exact) mass is 356 g/mol. The van der Waals surface area contributed by atoms with E-state index in [9.17, 15) is 14.7 Å². The number of aliphatic carboxylic acids is 1. The molecule has 0 aliphatic carbocycles. The van der Waals surface area contributed by atoms with Crippen molar-refractivity contribution in [2.75, 3.05) is 0 Å². The molecular weight excluding hydrogens is 316 g/mol. The summed E-state index contributed by atoms with van der Waals surface area (Å²) in [7, 11) is 0. The SMILES string of the molecule is CCCCCCCCCC(CCCCCCC)C(=O)CC(O)C(=O)O. The molecular formula is C21H40O4. The normalized spacial score (nSPS) is 13.6. The summed E-state index contributed by atoms with van der Waals surface area (Å²) in [4.78, 5) is 23.1. The third kappa shape index (κ3) is 14.0. The average Bonchev–Trinajstić information content (AvgIpc) is 2.58. The number of carboxylic acids is 1. The first-order valence-electron chi connectivity index (χ1n) is 10.5. The second kappa shape index (κ2) is 16.6. The molecule has 0 heterocycles. The van der Waals surface area contributed by atoms with Crippen LogP contribution in [0.1, 0.15) is 110 Å². The summed E-state index contributed by atoms with van der Waals surface area (Å²) in [5.74, 6) is -1.45. The fraction of sp³-hybridized carbons (Fsp3) is 0.905. The Bertz CT molecular complexity index is 341. The van der Waals surface area contributed by atoms with Crippen molar-refractivity contribution in [2.24, 2.45) is 5.92 Å². The van der Waals surface area contributed by atoms with Crippen LogP contribution in [0, 0.1) is 5.92 Å². The van der Waals surface area contributed by atoms with Crippen LogP contribution in [0.25, 0.3) is 0 Å². The molecule has 0 aromatic carbocycles. The van der Waals surface area contributed by atoms with E-state index in [1.807, 2.05) is 0 Å². The smallest absolute Gasteiger partial charge is 0.332 e. The molecule has 0 rings (SSSR count). The summed E-state index contributed by atoms with van der Waals surface area (Å²) in [5.41, 5.74) is 0. The number of aliphatic hydroxyl groups excluding tert-OH is 1. The first-order chi connectivity index (χ1) is 12.0. The third-order valence-corrected chi connectivity index (χ3v) is 4.95. The summed E-state index contributed by atoms with van der Waals surface area (Å²) >= 11 is 0. The Labute approximate surface area is 154 Å². The van der Waals surface area contributed by atoms with Gasteiger partial charge in [0.05, 0.1) is 0 Å². The summed E-state index contributed by atoms with van der Waals surface area (Å²) in [6.07, 6.45) is 14.2. The number of aliphatic hydroxyl groups is 1. The second-order valence-corrected chi connectivity index (χ2v) is 7.33. The van der Waals surface area contributed by atoms with Crippen molar-refractivity contribution < 1.29 is 19.8 Å². The van der Waals surface area contributed by atoms with Crippen LogP contribution in [0.2, 0.25) is 0 Å². The molecule has 0 bridgehead atoms. The maximum Gasteiger partial charge on any atom is 0.332 e. The molecule has 0 radical (unpaired) electrons. The lowest BCUT2D eigenvalue weighted by Crippen LogP contribution is -2.27. The summed E-state index contributed by atoms with van der Waals surface area (Å²) in [5, 5.41) is 18.3. The molecule has 0 aromatic heterocycles. The van der Waals surface area contributed by atoms with E-state index < -0.39 is 12.1 Å². The Hall–Kier alpha value is -0.900. The number of hydrogen-bond donors (Lipinski definition) is 2. The van der Waals surface area contributed by atoms with Crippen LogP contribution in [-0.2, 0) is 9.59 Å². The van der Waals surface area contributed by atoms with Crippen LogP contribution in [0.5, 0.6) is 0 Å². The molecule has 0 saturated carbocycles. The molecule has 0 aliphatic rings. The van der Waals surface area contributed by atoms with Gasteiger partial charge in [-0.25, -0.2) is 4.79 Å². The van der Waals surface area contributed by atoms with Crippen molar-refractivity contribution in [1.29, 1.82) is 0 Å². The van der Waals surface area contributed by atoms with Gasteiger partial charge in [-0.05, 0) is 12.8 Å². The van der Waals surface area contributed by atoms with Crippen molar-refractivity contribution in [3.05, 3.63) is 0 Å². The third-order valence-electron chi connectivity index (χ3n) is 4.95. The predicted molar refractivity (Wildman–Crippen MR) is 103 cm³/mol. The van der Waals surface area contributed by atoms with Gasteiger partial charge in [0.2, 0.25) is 0 Å². The topological polar surface area (TPSA) is 74.6 Å². The molecule has 0 aliphatic heterocycles. The molecule has 0 amide bonds. The highest BCUT2D eigenvalue weighted by atomic mass is 16.4. The molecule has 0 aromatic rings. The highest BCUT2D eigenvalue weighted by molar-refractivity contribution is 5.86. The van der Waals surface area contributed by atoms with Crippen molar-refractivity contribution in [2.45, 2.75) is 116 Å². The zero-order chi connectivity index (χ0) is 18.9. The van der Waals surface area contributed by atoms with Gasteiger partial charge in [0.1, 0.15) is 5.78 Å². The maximum atomic E-state index is 12.4. The molecule has 2 N–H and O–H groups in total. The van der Waals surface area contributed by atoms with Crippen molar-refractivity contribution in [3.8, 4) is 0 Å². The fourth-order valence-electron chi connectivity index (χ4n) is 3.25. The van der Waals surface area contributed by atoms with Crippen LogP contribution in [0.15, 0.2) is 0 Å². The maximum absolute atomic E-state index is 12.4. The van der Waals surface area contributed by atoms with Crippen molar-refractivity contribution in [3.63, 3.8) is 0 Å². The van der Waals surface area contributed by atoms with Gasteiger partial charge in [-0.2, -0.15) is 0 Å². The first-order valence-corrected chi connectivity index (χ1v) is 10.5. The Balaban J connectivity index is 4.18. The molecule has 0 saturated heterocycles. The van der Waals surface area contributed by atoms with Crippen LogP contribution < -0.4 is 0 Å². The van der Waals surface area contributed by atoms with Gasteiger partial charge in [-0.3, -0.25) is 4.79 Å². The number of ketones is 1. The van der Waals surface area contributed by atoms with E-state index in [-0.39, 0.29) is 18.1 Å². The van der Waals surface area contributed by atoms with E-state index >= 15 is 0 Å². The molecule has 0 spiro atoms. The highest BCUT2D eigenvalue weighted by Crippen LogP contribution is 2.22. The zero-order valence-electron chi connectivity index (χ0n) is 16.5. The minimum absolute atomic E-state index is 0.0728. The lowest BCUT2D eigenvalue weighted by atomic mass is 9.88. The van der Waals surface area contributed by atoms with Crippen LogP contribution in [-0.4, -0.2) is 28.1 Å². The van der Waals surface area contributed by atoms with Gasteiger partial charge >= 0.3 is 5.97 Å². The number of carbonyl (C=O) groups is 2. The predicted octanol–water partition coefficient (Wildman–Crippen LogP) is 5.51. The van der Waals surface area contributed by atoms with Crippen LogP contribution in [0.4, 0.5) is 0 Å². The minimum atomic E-state index is -1.55. The summed E-state index contributed by atoms with van der Waals surface area (Å²) in [6.45, 7) is 4.39. The fourth-order valence-corrected chi connectivity index (χ4v) is 3.25. The summed E-state index contributed by atoms with van der Waals surface area (Å²) < 4.78 is 0. The first kappa shape index (κ1) is 24.1. The Morgan fingerprint density at radius 1 is 0.720 bits per heavy atom. The number of hydrogen-bond acceptors (Lipinski definition) is 3. The van der Waals surface area contributed by atoms with Gasteiger partial charge in [0.25, 0.3) is 0 Å². The van der Waals surface area contributed by atoms with Crippen LogP contribution in [0.3, 0.4) is 0 Å². The van der Waals surface area contributed by atoms with E-state index in [0.717, 1.165) is 38.5 Å². The molecule has 0 fully saturated rings. The largest absolute Gasteiger partial charge is 0.479 e. The Morgan fingerprint density at radius 3 is 1.52 bits per heavy atom. The number of carboxylic acid groups (broad SMARTS) is 1.